The van der Waals surface area contributed by atoms with Gasteiger partial charge in [0.2, 0.25) is 0 Å². The van der Waals surface area contributed by atoms with Crippen LogP contribution in [0, 0.1) is 0 Å². The lowest BCUT2D eigenvalue weighted by atomic mass is 9.88. The molecule has 1 heterocycles. The maximum absolute atomic E-state index is 6.18. The van der Waals surface area contributed by atoms with Gasteiger partial charge in [0.1, 0.15) is 12.4 Å². The molecule has 0 fully saturated rings. The monoisotopic (exact) mass is 271 g/mol. The van der Waals surface area contributed by atoms with E-state index in [1.807, 2.05) is 18.6 Å². The summed E-state index contributed by atoms with van der Waals surface area (Å²) < 4.78 is 7.98. The summed E-state index contributed by atoms with van der Waals surface area (Å²) in [4.78, 5) is 4.15. The number of fused-ring (bicyclic) bond motifs is 1. The summed E-state index contributed by atoms with van der Waals surface area (Å²) in [5.41, 5.74) is 9.89. The van der Waals surface area contributed by atoms with Crippen LogP contribution in [-0.2, 0) is 19.6 Å². The molecule has 1 atom stereocenters. The van der Waals surface area contributed by atoms with Crippen molar-refractivity contribution in [2.75, 3.05) is 0 Å². The third kappa shape index (κ3) is 2.56. The fourth-order valence-corrected chi connectivity index (χ4v) is 2.81. The first-order valence-electron chi connectivity index (χ1n) is 7.28. The number of nitrogens with zero attached hydrogens (tertiary/aromatic N) is 2. The fraction of sp³-hybridized carbons (Fsp3) is 0.438. The molecule has 0 spiro atoms. The first-order valence-corrected chi connectivity index (χ1v) is 7.28. The number of hydrogen-bond donors (Lipinski definition) is 1. The number of ether oxygens (including phenoxy) is 1. The SMILES string of the molecule is CCn1cncc1COc1ccc2c(c1)C(N)CCC2. The molecule has 0 saturated heterocycles. The highest BCUT2D eigenvalue weighted by Gasteiger charge is 2.17. The first-order chi connectivity index (χ1) is 9.78. The van der Waals surface area contributed by atoms with Crippen molar-refractivity contribution in [3.63, 3.8) is 0 Å². The van der Waals surface area contributed by atoms with Gasteiger partial charge in [-0.15, -0.1) is 0 Å². The highest BCUT2D eigenvalue weighted by Crippen LogP contribution is 2.31. The van der Waals surface area contributed by atoms with Crippen molar-refractivity contribution in [3.05, 3.63) is 47.5 Å². The minimum atomic E-state index is 0.156. The van der Waals surface area contributed by atoms with Gasteiger partial charge in [-0.2, -0.15) is 0 Å². The molecule has 4 nitrogen and oxygen atoms in total. The molecule has 106 valence electrons. The van der Waals surface area contributed by atoms with Crippen molar-refractivity contribution in [2.45, 2.75) is 45.4 Å². The summed E-state index contributed by atoms with van der Waals surface area (Å²) in [5.74, 6) is 0.893. The van der Waals surface area contributed by atoms with Gasteiger partial charge in [-0.05, 0) is 49.4 Å². The van der Waals surface area contributed by atoms with E-state index in [2.05, 4.69) is 28.6 Å². The van der Waals surface area contributed by atoms with Gasteiger partial charge < -0.3 is 15.0 Å². The van der Waals surface area contributed by atoms with Gasteiger partial charge in [0.05, 0.1) is 18.2 Å². The second-order valence-electron chi connectivity index (χ2n) is 5.32. The molecule has 0 saturated carbocycles. The Morgan fingerprint density at radius 2 is 2.35 bits per heavy atom. The maximum atomic E-state index is 6.18. The third-order valence-corrected chi connectivity index (χ3v) is 4.00. The second-order valence-corrected chi connectivity index (χ2v) is 5.32. The maximum Gasteiger partial charge on any atom is 0.130 e. The summed E-state index contributed by atoms with van der Waals surface area (Å²) in [7, 11) is 0. The molecule has 0 amide bonds. The van der Waals surface area contributed by atoms with Crippen molar-refractivity contribution in [3.8, 4) is 5.75 Å². The summed E-state index contributed by atoms with van der Waals surface area (Å²) >= 11 is 0. The van der Waals surface area contributed by atoms with E-state index in [4.69, 9.17) is 10.5 Å². The van der Waals surface area contributed by atoms with Crippen molar-refractivity contribution < 1.29 is 4.74 Å². The van der Waals surface area contributed by atoms with Crippen molar-refractivity contribution in [2.24, 2.45) is 5.73 Å². The van der Waals surface area contributed by atoms with E-state index in [1.165, 1.54) is 17.5 Å². The molecule has 1 aliphatic carbocycles. The Kier molecular flexibility index (Phi) is 3.74. The number of aryl methyl sites for hydroxylation is 2. The molecule has 0 radical (unpaired) electrons. The molecule has 1 unspecified atom stereocenters. The lowest BCUT2D eigenvalue weighted by Gasteiger charge is -2.22. The molecular weight excluding hydrogens is 250 g/mol. The Morgan fingerprint density at radius 3 is 3.20 bits per heavy atom. The Labute approximate surface area is 119 Å². The van der Waals surface area contributed by atoms with Crippen molar-refractivity contribution in [1.29, 1.82) is 0 Å². The quantitative estimate of drug-likeness (QED) is 0.930. The number of imidazole rings is 1. The fourth-order valence-electron chi connectivity index (χ4n) is 2.81. The van der Waals surface area contributed by atoms with E-state index < -0.39 is 0 Å². The van der Waals surface area contributed by atoms with Gasteiger partial charge in [0, 0.05) is 12.6 Å². The Morgan fingerprint density at radius 1 is 1.45 bits per heavy atom. The standard InChI is InChI=1S/C16H21N3O/c1-2-19-11-18-9-13(19)10-20-14-7-6-12-4-3-5-16(17)15(12)8-14/h6-9,11,16H,2-5,10,17H2,1H3. The van der Waals surface area contributed by atoms with Gasteiger partial charge in [-0.1, -0.05) is 6.07 Å². The van der Waals surface area contributed by atoms with Gasteiger partial charge in [-0.3, -0.25) is 0 Å². The third-order valence-electron chi connectivity index (χ3n) is 4.00. The summed E-state index contributed by atoms with van der Waals surface area (Å²) in [6.07, 6.45) is 7.07. The Balaban J connectivity index is 1.73. The molecule has 0 bridgehead atoms. The zero-order chi connectivity index (χ0) is 13.9. The molecule has 4 heteroatoms. The zero-order valence-corrected chi connectivity index (χ0v) is 11.9. The van der Waals surface area contributed by atoms with E-state index in [1.54, 1.807) is 0 Å². The average molecular weight is 271 g/mol. The van der Waals surface area contributed by atoms with Crippen LogP contribution in [0.4, 0.5) is 0 Å². The van der Waals surface area contributed by atoms with E-state index in [9.17, 15) is 0 Å². The highest BCUT2D eigenvalue weighted by molar-refractivity contribution is 5.39. The van der Waals surface area contributed by atoms with Gasteiger partial charge in [0.15, 0.2) is 0 Å². The first kappa shape index (κ1) is 13.2. The minimum absolute atomic E-state index is 0.156. The summed E-state index contributed by atoms with van der Waals surface area (Å²) in [6, 6.07) is 6.46. The Bertz CT molecular complexity index is 591. The van der Waals surface area contributed by atoms with E-state index in [0.29, 0.717) is 6.61 Å². The number of hydrogen-bond acceptors (Lipinski definition) is 3. The molecule has 2 aromatic rings. The lowest BCUT2D eigenvalue weighted by molar-refractivity contribution is 0.294. The van der Waals surface area contributed by atoms with Crippen LogP contribution in [0.25, 0.3) is 0 Å². The normalized spacial score (nSPS) is 17.8. The van der Waals surface area contributed by atoms with Crippen LogP contribution in [0.2, 0.25) is 0 Å². The number of benzene rings is 1. The molecule has 3 rings (SSSR count). The predicted molar refractivity (Wildman–Crippen MR) is 78.5 cm³/mol. The minimum Gasteiger partial charge on any atom is -0.487 e. The van der Waals surface area contributed by atoms with Crippen LogP contribution in [0.5, 0.6) is 5.75 Å². The van der Waals surface area contributed by atoms with E-state index in [-0.39, 0.29) is 6.04 Å². The number of aromatic nitrogens is 2. The average Bonchev–Trinajstić information content (AvgIpc) is 2.93. The summed E-state index contributed by atoms with van der Waals surface area (Å²) in [6.45, 7) is 3.55. The lowest BCUT2D eigenvalue weighted by Crippen LogP contribution is -2.17. The van der Waals surface area contributed by atoms with Gasteiger partial charge >= 0.3 is 0 Å². The van der Waals surface area contributed by atoms with E-state index >= 15 is 0 Å². The number of rotatable bonds is 4. The number of nitrogens with two attached hydrogens (primary N) is 1. The molecule has 2 N–H and O–H groups in total. The van der Waals surface area contributed by atoms with Crippen LogP contribution in [0.3, 0.4) is 0 Å². The molecule has 20 heavy (non-hydrogen) atoms. The second kappa shape index (κ2) is 5.67. The predicted octanol–water partition coefficient (Wildman–Crippen LogP) is 2.82. The highest BCUT2D eigenvalue weighted by atomic mass is 16.5. The van der Waals surface area contributed by atoms with Crippen molar-refractivity contribution in [1.82, 2.24) is 9.55 Å². The van der Waals surface area contributed by atoms with Crippen LogP contribution < -0.4 is 10.5 Å². The van der Waals surface area contributed by atoms with Gasteiger partial charge in [-0.25, -0.2) is 4.98 Å². The molecule has 1 aromatic carbocycles. The van der Waals surface area contributed by atoms with E-state index in [0.717, 1.165) is 30.8 Å². The molecule has 0 aliphatic heterocycles. The molecule has 1 aromatic heterocycles. The molecule has 1 aliphatic rings. The summed E-state index contributed by atoms with van der Waals surface area (Å²) in [5, 5.41) is 0. The van der Waals surface area contributed by atoms with Crippen LogP contribution in [-0.4, -0.2) is 9.55 Å². The van der Waals surface area contributed by atoms with Gasteiger partial charge in [0.25, 0.3) is 0 Å². The largest absolute Gasteiger partial charge is 0.487 e. The van der Waals surface area contributed by atoms with Crippen LogP contribution in [0.1, 0.15) is 42.6 Å². The van der Waals surface area contributed by atoms with Crippen LogP contribution in [0.15, 0.2) is 30.7 Å². The smallest absolute Gasteiger partial charge is 0.130 e. The zero-order valence-electron chi connectivity index (χ0n) is 11.9. The molecular formula is C16H21N3O. The van der Waals surface area contributed by atoms with Crippen LogP contribution >= 0.6 is 0 Å². The Hall–Kier alpha value is -1.81. The topological polar surface area (TPSA) is 53.1 Å². The van der Waals surface area contributed by atoms with Crippen molar-refractivity contribution >= 4 is 0 Å².